The summed E-state index contributed by atoms with van der Waals surface area (Å²) in [6, 6.07) is -0.866. The summed E-state index contributed by atoms with van der Waals surface area (Å²) in [5.74, 6) is -0.527. The number of hydrogen-bond donors (Lipinski definition) is 2. The number of nitrogens with one attached hydrogen (secondary N) is 1. The minimum Gasteiger partial charge on any atom is -0.456 e. The van der Waals surface area contributed by atoms with Crippen LogP contribution < -0.4 is 5.32 Å². The molecule has 0 saturated heterocycles. The first-order valence-corrected chi connectivity index (χ1v) is 36.7. The number of ether oxygens (including phenoxy) is 1. The van der Waals surface area contributed by atoms with E-state index in [4.69, 9.17) is 13.8 Å². The third-order valence-electron chi connectivity index (χ3n) is 15.2. The average Bonchev–Trinajstić information content (AvgIpc) is 3.57. The van der Waals surface area contributed by atoms with E-state index in [1.807, 2.05) is 33.3 Å². The second-order valence-electron chi connectivity index (χ2n) is 24.7. The molecule has 1 amide bonds. The van der Waals surface area contributed by atoms with Crippen molar-refractivity contribution in [3.63, 3.8) is 0 Å². The molecule has 3 atom stereocenters. The summed E-state index contributed by atoms with van der Waals surface area (Å²) in [7, 11) is 1.47. The highest BCUT2D eigenvalue weighted by Crippen LogP contribution is 2.43. The summed E-state index contributed by atoms with van der Waals surface area (Å²) < 4.78 is 30.8. The van der Waals surface area contributed by atoms with Crippen LogP contribution in [0.5, 0.6) is 0 Å². The van der Waals surface area contributed by atoms with Crippen LogP contribution in [0.15, 0.2) is 109 Å². The molecule has 0 heterocycles. The number of allylic oxidation sites excluding steroid dienone is 17. The van der Waals surface area contributed by atoms with Gasteiger partial charge in [0.15, 0.2) is 0 Å². The normalized spacial score (nSPS) is 14.2. The van der Waals surface area contributed by atoms with Gasteiger partial charge in [-0.05, 0) is 115 Å². The Morgan fingerprint density at radius 3 is 1.15 bits per heavy atom. The molecule has 10 heteroatoms. The van der Waals surface area contributed by atoms with Gasteiger partial charge in [-0.2, -0.15) is 0 Å². The van der Waals surface area contributed by atoms with Gasteiger partial charge in [0.05, 0.1) is 33.8 Å². The third-order valence-corrected chi connectivity index (χ3v) is 16.2. The molecule has 0 aliphatic heterocycles. The van der Waals surface area contributed by atoms with E-state index >= 15 is 0 Å². The van der Waals surface area contributed by atoms with Crippen LogP contribution >= 0.6 is 7.82 Å². The Morgan fingerprint density at radius 2 is 0.753 bits per heavy atom. The van der Waals surface area contributed by atoms with Crippen molar-refractivity contribution in [1.82, 2.24) is 5.32 Å². The summed E-state index contributed by atoms with van der Waals surface area (Å²) in [5, 5.41) is 3.05. The van der Waals surface area contributed by atoms with Crippen molar-refractivity contribution in [2.75, 3.05) is 40.9 Å². The van der Waals surface area contributed by atoms with Crippen molar-refractivity contribution in [1.29, 1.82) is 0 Å². The predicted octanol–water partition coefficient (Wildman–Crippen LogP) is 22.5. The minimum atomic E-state index is -4.46. The molecule has 0 aromatic heterocycles. The SMILES string of the molecule is CC/C=C\C/C=C\C/C=C\C/C=C\C/C=C\CCCCCCCC(=O)NC(COP(=O)(O)OCC[N+](C)(C)C)C(/C=C\CCCCCCCCCCC)OC(=O)CCCCCCCCCCCCCCCC/C=C\C/C=C\C/C=C\CCCCC. The van der Waals surface area contributed by atoms with E-state index in [9.17, 15) is 19.0 Å². The molecule has 0 aromatic carbocycles. The molecule has 9 nitrogen and oxygen atoms in total. The molecule has 0 radical (unpaired) electrons. The fourth-order valence-electron chi connectivity index (χ4n) is 9.80. The summed E-state index contributed by atoms with van der Waals surface area (Å²) in [4.78, 5) is 37.9. The number of phosphoric ester groups is 1. The number of quaternary nitrogens is 1. The summed E-state index contributed by atoms with van der Waals surface area (Å²) in [6.45, 7) is 6.86. The predicted molar refractivity (Wildman–Crippen MR) is 369 cm³/mol. The maximum Gasteiger partial charge on any atom is 0.472 e. The zero-order valence-electron chi connectivity index (χ0n) is 56.1. The standard InChI is InChI=1S/C75H133N2O7P/c1-7-10-13-16-19-22-25-27-29-31-33-35-36-37-38-39-40-42-44-46-48-50-53-56-59-62-65-68-75(79)84-73(66-63-60-57-54-51-24-21-18-15-12-9-3)72(71-83-85(80,81)82-70-69-77(4,5)6)76-74(78)67-64-61-58-55-52-49-47-45-43-41-34-32-30-28-26-23-20-17-14-11-8-2/h11,14,19-20,22-23,27-30,33-35,41,45,47,63,66,72-73H,7-10,12-13,15-18,21,24-26,31-32,36-40,42-44,46,48-62,64-65,67-71H2,1-6H3,(H-,76,78,80,81)/p+1/b14-11-,22-19-,23-20-,29-27-,30-28-,35-33-,41-34-,47-45-,66-63-. The van der Waals surface area contributed by atoms with Crippen molar-refractivity contribution in [3.8, 4) is 0 Å². The first kappa shape index (κ1) is 81.7. The van der Waals surface area contributed by atoms with Crippen molar-refractivity contribution in [3.05, 3.63) is 109 Å². The number of esters is 1. The molecule has 0 aliphatic carbocycles. The smallest absolute Gasteiger partial charge is 0.456 e. The quantitative estimate of drug-likeness (QED) is 0.0205. The van der Waals surface area contributed by atoms with Gasteiger partial charge in [-0.25, -0.2) is 4.57 Å². The van der Waals surface area contributed by atoms with E-state index in [2.05, 4.69) is 123 Å². The van der Waals surface area contributed by atoms with Crippen molar-refractivity contribution >= 4 is 19.7 Å². The van der Waals surface area contributed by atoms with Gasteiger partial charge in [0.1, 0.15) is 19.3 Å². The lowest BCUT2D eigenvalue weighted by molar-refractivity contribution is -0.870. The van der Waals surface area contributed by atoms with Crippen molar-refractivity contribution < 1.29 is 37.3 Å². The van der Waals surface area contributed by atoms with Crippen LogP contribution in [0.4, 0.5) is 0 Å². The Morgan fingerprint density at radius 1 is 0.424 bits per heavy atom. The van der Waals surface area contributed by atoms with E-state index in [0.29, 0.717) is 17.4 Å². The van der Waals surface area contributed by atoms with Gasteiger partial charge in [0, 0.05) is 12.8 Å². The van der Waals surface area contributed by atoms with Crippen LogP contribution in [0.3, 0.4) is 0 Å². The largest absolute Gasteiger partial charge is 0.472 e. The maximum atomic E-state index is 13.6. The molecule has 0 fully saturated rings. The molecule has 0 bridgehead atoms. The summed E-state index contributed by atoms with van der Waals surface area (Å²) >= 11 is 0. The molecule has 0 aliphatic rings. The molecule has 3 unspecified atom stereocenters. The second kappa shape index (κ2) is 63.7. The molecule has 0 aromatic rings. The zero-order valence-corrected chi connectivity index (χ0v) is 57.0. The summed E-state index contributed by atoms with van der Waals surface area (Å²) in [6.07, 6.45) is 88.2. The molecule has 0 spiro atoms. The van der Waals surface area contributed by atoms with E-state index in [1.54, 1.807) is 0 Å². The number of likely N-dealkylation sites (N-methyl/N-ethyl adjacent to an activating group) is 1. The van der Waals surface area contributed by atoms with E-state index in [-0.39, 0.29) is 31.5 Å². The van der Waals surface area contributed by atoms with Gasteiger partial charge in [0.25, 0.3) is 0 Å². The van der Waals surface area contributed by atoms with E-state index < -0.39 is 20.0 Å². The number of amides is 1. The van der Waals surface area contributed by atoms with E-state index in [0.717, 1.165) is 122 Å². The molecule has 85 heavy (non-hydrogen) atoms. The van der Waals surface area contributed by atoms with E-state index in [1.165, 1.54) is 148 Å². The lowest BCUT2D eigenvalue weighted by Gasteiger charge is -2.27. The fourth-order valence-corrected chi connectivity index (χ4v) is 10.5. The number of nitrogens with zero attached hydrogens (tertiary/aromatic N) is 1. The lowest BCUT2D eigenvalue weighted by atomic mass is 10.0. The third kappa shape index (κ3) is 65.0. The molecular formula is C75H134N2O7P+. The fraction of sp³-hybridized carbons (Fsp3) is 0.733. The second-order valence-corrected chi connectivity index (χ2v) is 26.1. The minimum absolute atomic E-state index is 0.0315. The van der Waals surface area contributed by atoms with Crippen LogP contribution in [0.2, 0.25) is 0 Å². The van der Waals surface area contributed by atoms with Crippen LogP contribution in [0.25, 0.3) is 0 Å². The first-order chi connectivity index (χ1) is 41.4. The number of rotatable bonds is 63. The topological polar surface area (TPSA) is 111 Å². The monoisotopic (exact) mass is 1210 g/mol. The number of unbranched alkanes of at least 4 members (excludes halogenated alkanes) is 31. The van der Waals surface area contributed by atoms with Gasteiger partial charge >= 0.3 is 13.8 Å². The van der Waals surface area contributed by atoms with Crippen LogP contribution in [-0.2, 0) is 27.9 Å². The van der Waals surface area contributed by atoms with Crippen LogP contribution in [0.1, 0.15) is 303 Å². The number of phosphoric acid groups is 1. The molecule has 0 rings (SSSR count). The highest BCUT2D eigenvalue weighted by Gasteiger charge is 2.30. The number of carbonyl (C=O) groups is 2. The summed E-state index contributed by atoms with van der Waals surface area (Å²) in [5.41, 5.74) is 0. The highest BCUT2D eigenvalue weighted by atomic mass is 31.2. The van der Waals surface area contributed by atoms with Crippen LogP contribution in [-0.4, -0.2) is 74.3 Å². The van der Waals surface area contributed by atoms with Gasteiger partial charge in [0.2, 0.25) is 5.91 Å². The first-order valence-electron chi connectivity index (χ1n) is 35.2. The number of carbonyl (C=O) groups excluding carboxylic acids is 2. The van der Waals surface area contributed by atoms with Crippen molar-refractivity contribution in [2.24, 2.45) is 0 Å². The Balaban J connectivity index is 5.05. The van der Waals surface area contributed by atoms with Crippen molar-refractivity contribution in [2.45, 2.75) is 315 Å². The molecule has 490 valence electrons. The van der Waals surface area contributed by atoms with Gasteiger partial charge in [-0.1, -0.05) is 285 Å². The van der Waals surface area contributed by atoms with Crippen LogP contribution in [0, 0.1) is 0 Å². The van der Waals surface area contributed by atoms with Gasteiger partial charge in [-0.15, -0.1) is 0 Å². The maximum absolute atomic E-state index is 13.6. The Hall–Kier alpha value is -3.33. The molecule has 2 N–H and O–H groups in total. The lowest BCUT2D eigenvalue weighted by Crippen LogP contribution is -2.47. The Labute approximate surface area is 525 Å². The Bertz CT molecular complexity index is 1820. The zero-order chi connectivity index (χ0) is 62.1. The Kier molecular flexibility index (Phi) is 61.2. The number of hydrogen-bond acceptors (Lipinski definition) is 6. The average molecular weight is 1210 g/mol. The van der Waals surface area contributed by atoms with Gasteiger partial charge in [-0.3, -0.25) is 18.6 Å². The van der Waals surface area contributed by atoms with Gasteiger partial charge < -0.3 is 19.4 Å². The molecule has 0 saturated carbocycles. The molecular weight excluding hydrogens is 1070 g/mol. The highest BCUT2D eigenvalue weighted by molar-refractivity contribution is 7.47.